The van der Waals surface area contributed by atoms with Gasteiger partial charge in [-0.3, -0.25) is 9.59 Å². The van der Waals surface area contributed by atoms with Gasteiger partial charge in [-0.15, -0.1) is 16.9 Å². The van der Waals surface area contributed by atoms with Gasteiger partial charge in [0.2, 0.25) is 0 Å². The molecule has 0 aliphatic carbocycles. The summed E-state index contributed by atoms with van der Waals surface area (Å²) in [5.41, 5.74) is 2.67. The van der Waals surface area contributed by atoms with Crippen molar-refractivity contribution in [2.75, 3.05) is 5.75 Å². The quantitative estimate of drug-likeness (QED) is 0.491. The molecule has 3 aromatic rings. The number of carbonyl (C=O) groups excluding carboxylic acids is 1. The Morgan fingerprint density at radius 2 is 1.96 bits per heavy atom. The van der Waals surface area contributed by atoms with E-state index in [0.717, 1.165) is 9.58 Å². The molecule has 0 radical (unpaired) electrons. The molecule has 2 aromatic carbocycles. The minimum Gasteiger partial charge on any atom is -0.442 e. The van der Waals surface area contributed by atoms with Crippen LogP contribution in [0.15, 0.2) is 52.2 Å². The van der Waals surface area contributed by atoms with Crippen LogP contribution in [0.4, 0.5) is 0 Å². The van der Waals surface area contributed by atoms with Crippen LogP contribution in [0.5, 0.6) is 0 Å². The van der Waals surface area contributed by atoms with Crippen LogP contribution in [0.1, 0.15) is 17.5 Å². The van der Waals surface area contributed by atoms with Crippen molar-refractivity contribution in [3.63, 3.8) is 0 Å². The van der Waals surface area contributed by atoms with Crippen LogP contribution in [0, 0.1) is 13.8 Å². The first-order valence-electron chi connectivity index (χ1n) is 8.23. The second-order valence-electron chi connectivity index (χ2n) is 5.90. The van der Waals surface area contributed by atoms with Crippen LogP contribution < -0.4 is 5.56 Å². The summed E-state index contributed by atoms with van der Waals surface area (Å²) in [4.78, 5) is 25.3. The topological polar surface area (TPSA) is 74.1 Å². The van der Waals surface area contributed by atoms with E-state index in [1.54, 1.807) is 36.0 Å². The van der Waals surface area contributed by atoms with E-state index in [1.165, 1.54) is 11.1 Å². The number of ether oxygens (including phenoxy) is 1. The summed E-state index contributed by atoms with van der Waals surface area (Å²) >= 11 is 1.60. The molecular weight excluding hydrogens is 350 g/mol. The van der Waals surface area contributed by atoms with Crippen molar-refractivity contribution in [2.24, 2.45) is 0 Å². The number of esters is 1. The number of nitrogens with zero attached hydrogens (tertiary/aromatic N) is 3. The number of rotatable bonds is 6. The molecule has 0 bridgehead atoms. The number of aromatic nitrogens is 3. The number of aryl methyl sites for hydroxylation is 2. The van der Waals surface area contributed by atoms with Crippen molar-refractivity contribution in [2.45, 2.75) is 31.9 Å². The highest BCUT2D eigenvalue weighted by atomic mass is 32.2. The maximum Gasteiger partial charge on any atom is 0.308 e. The fourth-order valence-electron chi connectivity index (χ4n) is 2.37. The third-order valence-electron chi connectivity index (χ3n) is 4.03. The van der Waals surface area contributed by atoms with E-state index < -0.39 is 0 Å². The number of hydrogen-bond donors (Lipinski definition) is 0. The molecule has 0 saturated carbocycles. The zero-order valence-electron chi connectivity index (χ0n) is 14.6. The molecule has 3 rings (SSSR count). The summed E-state index contributed by atoms with van der Waals surface area (Å²) in [6.07, 6.45) is 0.257. The fourth-order valence-corrected chi connectivity index (χ4v) is 3.30. The van der Waals surface area contributed by atoms with Crippen molar-refractivity contribution in [3.05, 3.63) is 63.9 Å². The monoisotopic (exact) mass is 369 g/mol. The third kappa shape index (κ3) is 4.29. The van der Waals surface area contributed by atoms with Crippen LogP contribution in [0.2, 0.25) is 0 Å². The van der Waals surface area contributed by atoms with Crippen LogP contribution >= 0.6 is 11.8 Å². The van der Waals surface area contributed by atoms with E-state index in [0.29, 0.717) is 16.7 Å². The molecule has 0 N–H and O–H groups in total. The average Bonchev–Trinajstić information content (AvgIpc) is 2.64. The third-order valence-corrected chi connectivity index (χ3v) is 5.03. The summed E-state index contributed by atoms with van der Waals surface area (Å²) in [5, 5.41) is 8.20. The second-order valence-corrected chi connectivity index (χ2v) is 7.07. The highest BCUT2D eigenvalue weighted by Gasteiger charge is 2.08. The molecule has 0 unspecified atom stereocenters. The molecule has 0 spiro atoms. The Morgan fingerprint density at radius 1 is 1.15 bits per heavy atom. The molecule has 0 fully saturated rings. The molecule has 0 saturated heterocycles. The number of fused-ring (bicyclic) bond motifs is 1. The van der Waals surface area contributed by atoms with Crippen LogP contribution in [0.3, 0.4) is 0 Å². The average molecular weight is 369 g/mol. The number of carbonyl (C=O) groups is 1. The minimum absolute atomic E-state index is 0.232. The maximum atomic E-state index is 12.3. The lowest BCUT2D eigenvalue weighted by molar-refractivity contribution is -0.147. The summed E-state index contributed by atoms with van der Waals surface area (Å²) in [6, 6.07) is 13.1. The lowest BCUT2D eigenvalue weighted by Crippen LogP contribution is -2.26. The zero-order valence-corrected chi connectivity index (χ0v) is 15.5. The molecule has 7 heteroatoms. The lowest BCUT2D eigenvalue weighted by Gasteiger charge is -2.07. The van der Waals surface area contributed by atoms with Gasteiger partial charge in [0.25, 0.3) is 5.56 Å². The van der Waals surface area contributed by atoms with Crippen molar-refractivity contribution < 1.29 is 9.53 Å². The SMILES string of the molecule is Cc1ccc(SCCC(=O)OCn2nnc3ccccc3c2=O)cc1C. The summed E-state index contributed by atoms with van der Waals surface area (Å²) in [5.74, 6) is 0.239. The van der Waals surface area contributed by atoms with Gasteiger partial charge in [-0.2, -0.15) is 4.68 Å². The van der Waals surface area contributed by atoms with Crippen molar-refractivity contribution >= 4 is 28.6 Å². The van der Waals surface area contributed by atoms with Crippen molar-refractivity contribution in [3.8, 4) is 0 Å². The Kier molecular flexibility index (Phi) is 5.68. The first-order chi connectivity index (χ1) is 12.5. The van der Waals surface area contributed by atoms with Gasteiger partial charge in [0.1, 0.15) is 5.52 Å². The van der Waals surface area contributed by atoms with E-state index in [2.05, 4.69) is 36.3 Å². The molecular formula is C19H19N3O3S. The number of benzene rings is 2. The predicted octanol–water partition coefficient (Wildman–Crippen LogP) is 3.09. The molecule has 26 heavy (non-hydrogen) atoms. The van der Waals surface area contributed by atoms with E-state index in [9.17, 15) is 9.59 Å². The Hall–Kier alpha value is -2.67. The minimum atomic E-state index is -0.372. The zero-order chi connectivity index (χ0) is 18.5. The first-order valence-corrected chi connectivity index (χ1v) is 9.21. The van der Waals surface area contributed by atoms with Gasteiger partial charge in [0.05, 0.1) is 11.8 Å². The normalized spacial score (nSPS) is 10.8. The van der Waals surface area contributed by atoms with E-state index in [-0.39, 0.29) is 24.7 Å². The van der Waals surface area contributed by atoms with E-state index in [4.69, 9.17) is 4.74 Å². The number of thioether (sulfide) groups is 1. The van der Waals surface area contributed by atoms with Gasteiger partial charge in [-0.25, -0.2) is 0 Å². The molecule has 0 aliphatic heterocycles. The lowest BCUT2D eigenvalue weighted by atomic mass is 10.1. The molecule has 0 atom stereocenters. The molecule has 6 nitrogen and oxygen atoms in total. The van der Waals surface area contributed by atoms with Crippen LogP contribution in [-0.4, -0.2) is 26.7 Å². The van der Waals surface area contributed by atoms with Crippen LogP contribution in [0.25, 0.3) is 10.9 Å². The Bertz CT molecular complexity index is 1000. The highest BCUT2D eigenvalue weighted by molar-refractivity contribution is 7.99. The summed E-state index contributed by atoms with van der Waals surface area (Å²) in [7, 11) is 0. The summed E-state index contributed by atoms with van der Waals surface area (Å²) < 4.78 is 6.20. The summed E-state index contributed by atoms with van der Waals surface area (Å²) in [6.45, 7) is 3.90. The molecule has 0 aliphatic rings. The number of hydrogen-bond acceptors (Lipinski definition) is 6. The largest absolute Gasteiger partial charge is 0.442 e. The molecule has 134 valence electrons. The second kappa shape index (κ2) is 8.14. The van der Waals surface area contributed by atoms with Gasteiger partial charge in [0.15, 0.2) is 6.73 Å². The van der Waals surface area contributed by atoms with Gasteiger partial charge < -0.3 is 4.74 Å². The smallest absolute Gasteiger partial charge is 0.308 e. The predicted molar refractivity (Wildman–Crippen MR) is 101 cm³/mol. The molecule has 1 aromatic heterocycles. The van der Waals surface area contributed by atoms with Gasteiger partial charge in [0, 0.05) is 10.6 Å². The highest BCUT2D eigenvalue weighted by Crippen LogP contribution is 2.21. The Balaban J connectivity index is 1.52. The van der Waals surface area contributed by atoms with E-state index in [1.807, 2.05) is 6.07 Å². The fraction of sp³-hybridized carbons (Fsp3) is 0.263. The Morgan fingerprint density at radius 3 is 2.77 bits per heavy atom. The van der Waals surface area contributed by atoms with Gasteiger partial charge >= 0.3 is 5.97 Å². The van der Waals surface area contributed by atoms with Crippen molar-refractivity contribution in [1.82, 2.24) is 15.0 Å². The molecule has 0 amide bonds. The molecule has 1 heterocycles. The first kappa shape index (κ1) is 18.1. The Labute approximate surface area is 155 Å². The van der Waals surface area contributed by atoms with Gasteiger partial charge in [-0.05, 0) is 49.2 Å². The standard InChI is InChI=1S/C19H19N3O3S/c1-13-7-8-15(11-14(13)2)26-10-9-18(23)25-12-22-19(24)16-5-3-4-6-17(16)20-21-22/h3-8,11H,9-10,12H2,1-2H3. The van der Waals surface area contributed by atoms with E-state index >= 15 is 0 Å². The van der Waals surface area contributed by atoms with Crippen molar-refractivity contribution in [1.29, 1.82) is 0 Å². The van der Waals surface area contributed by atoms with Gasteiger partial charge in [-0.1, -0.05) is 23.4 Å². The maximum absolute atomic E-state index is 12.3. The van der Waals surface area contributed by atoms with Crippen LogP contribution in [-0.2, 0) is 16.3 Å².